The van der Waals surface area contributed by atoms with Crippen LogP contribution in [0.3, 0.4) is 0 Å². The van der Waals surface area contributed by atoms with Crippen LogP contribution < -0.4 is 0 Å². The molecule has 2 aromatic carbocycles. The fourth-order valence-corrected chi connectivity index (χ4v) is 2.46. The zero-order valence-electron chi connectivity index (χ0n) is 11.2. The smallest absolute Gasteiger partial charge is 0.110 e. The number of aryl methyl sites for hydroxylation is 2. The quantitative estimate of drug-likeness (QED) is 0.668. The van der Waals surface area contributed by atoms with Crippen LogP contribution in [0.15, 0.2) is 42.5 Å². The Morgan fingerprint density at radius 1 is 1.11 bits per heavy atom. The van der Waals surface area contributed by atoms with Gasteiger partial charge in [-0.1, -0.05) is 37.3 Å². The molecule has 0 amide bonds. The minimum atomic E-state index is 0.839. The Labute approximate surface area is 113 Å². The average Bonchev–Trinajstić information content (AvgIpc) is 2.77. The molecule has 0 aliphatic rings. The molecular formula is C17H16N2. The van der Waals surface area contributed by atoms with Gasteiger partial charge in [0.15, 0.2) is 0 Å². The molecule has 2 radical (unpaired) electrons. The molecule has 0 N–H and O–H groups in total. The number of imidazole rings is 1. The standard InChI is InChI=1S/C17H16N2/c1-4-16-18-17-12(2)10-14(11-15(17)19(16)3)13-8-6-5-7-9-13/h3,5-11H,4H2,1-2H3. The molecule has 0 saturated carbocycles. The molecule has 0 spiro atoms. The van der Waals surface area contributed by atoms with E-state index in [9.17, 15) is 0 Å². The molecule has 3 aromatic rings. The summed E-state index contributed by atoms with van der Waals surface area (Å²) in [7, 11) is 6.12. The van der Waals surface area contributed by atoms with Crippen LogP contribution in [0.1, 0.15) is 18.3 Å². The van der Waals surface area contributed by atoms with Gasteiger partial charge in [-0.3, -0.25) is 0 Å². The number of nitrogens with zero attached hydrogens (tertiary/aromatic N) is 2. The first-order chi connectivity index (χ1) is 9.20. The van der Waals surface area contributed by atoms with E-state index in [2.05, 4.69) is 43.1 Å². The predicted molar refractivity (Wildman–Crippen MR) is 79.0 cm³/mol. The van der Waals surface area contributed by atoms with E-state index in [1.54, 1.807) is 4.57 Å². The second kappa shape index (κ2) is 4.54. The highest BCUT2D eigenvalue weighted by Crippen LogP contribution is 2.27. The Morgan fingerprint density at radius 2 is 1.84 bits per heavy atom. The first kappa shape index (κ1) is 12.0. The summed E-state index contributed by atoms with van der Waals surface area (Å²) in [5, 5.41) is 0. The zero-order chi connectivity index (χ0) is 13.4. The van der Waals surface area contributed by atoms with Crippen molar-refractivity contribution in [3.05, 3.63) is 60.9 Å². The fraction of sp³-hybridized carbons (Fsp3) is 0.176. The van der Waals surface area contributed by atoms with Crippen molar-refractivity contribution in [2.75, 3.05) is 0 Å². The molecule has 0 fully saturated rings. The summed E-state index contributed by atoms with van der Waals surface area (Å²) in [6, 6.07) is 14.6. The lowest BCUT2D eigenvalue weighted by Crippen LogP contribution is -1.92. The van der Waals surface area contributed by atoms with Crippen LogP contribution in [0, 0.1) is 14.0 Å². The van der Waals surface area contributed by atoms with Crippen LogP contribution in [0.4, 0.5) is 0 Å². The highest BCUT2D eigenvalue weighted by Gasteiger charge is 2.10. The summed E-state index contributed by atoms with van der Waals surface area (Å²) >= 11 is 0. The van der Waals surface area contributed by atoms with E-state index < -0.39 is 0 Å². The minimum Gasteiger partial charge on any atom is -0.320 e. The van der Waals surface area contributed by atoms with Gasteiger partial charge in [-0.15, -0.1) is 0 Å². The third-order valence-electron chi connectivity index (χ3n) is 3.48. The van der Waals surface area contributed by atoms with Crippen LogP contribution in [0.25, 0.3) is 22.2 Å². The van der Waals surface area contributed by atoms with Crippen LogP contribution >= 0.6 is 0 Å². The van der Waals surface area contributed by atoms with Gasteiger partial charge in [0.25, 0.3) is 0 Å². The molecule has 2 nitrogen and oxygen atoms in total. The lowest BCUT2D eigenvalue weighted by molar-refractivity contribution is 0.907. The number of fused-ring (bicyclic) bond motifs is 1. The van der Waals surface area contributed by atoms with E-state index in [0.29, 0.717) is 0 Å². The molecule has 19 heavy (non-hydrogen) atoms. The monoisotopic (exact) mass is 248 g/mol. The van der Waals surface area contributed by atoms with Crippen LogP contribution in [0.5, 0.6) is 0 Å². The summed E-state index contributed by atoms with van der Waals surface area (Å²) < 4.78 is 1.70. The largest absolute Gasteiger partial charge is 0.320 e. The number of hydrogen-bond donors (Lipinski definition) is 0. The van der Waals surface area contributed by atoms with Crippen LogP contribution in [-0.4, -0.2) is 9.55 Å². The van der Waals surface area contributed by atoms with Crippen molar-refractivity contribution in [1.82, 2.24) is 9.55 Å². The topological polar surface area (TPSA) is 17.8 Å². The minimum absolute atomic E-state index is 0.839. The van der Waals surface area contributed by atoms with Crippen molar-refractivity contribution >= 4 is 11.0 Å². The molecule has 0 unspecified atom stereocenters. The van der Waals surface area contributed by atoms with Crippen LogP contribution in [0.2, 0.25) is 0 Å². The fourth-order valence-electron chi connectivity index (χ4n) is 2.46. The summed E-state index contributed by atoms with van der Waals surface area (Å²) in [6.07, 6.45) is 0.839. The first-order valence-corrected chi connectivity index (χ1v) is 6.53. The van der Waals surface area contributed by atoms with E-state index in [4.69, 9.17) is 7.05 Å². The molecule has 0 atom stereocenters. The molecule has 0 bridgehead atoms. The molecule has 1 aromatic heterocycles. The van der Waals surface area contributed by atoms with Gasteiger partial charge in [0, 0.05) is 6.42 Å². The van der Waals surface area contributed by atoms with E-state index >= 15 is 0 Å². The Balaban J connectivity index is 2.27. The number of rotatable bonds is 2. The van der Waals surface area contributed by atoms with Gasteiger partial charge in [-0.05, 0) is 35.7 Å². The third kappa shape index (κ3) is 1.93. The first-order valence-electron chi connectivity index (χ1n) is 6.53. The van der Waals surface area contributed by atoms with Gasteiger partial charge in [-0.25, -0.2) is 4.98 Å². The second-order valence-corrected chi connectivity index (χ2v) is 4.78. The Morgan fingerprint density at radius 3 is 2.53 bits per heavy atom. The maximum Gasteiger partial charge on any atom is 0.110 e. The van der Waals surface area contributed by atoms with Gasteiger partial charge in [-0.2, -0.15) is 0 Å². The number of hydrogen-bond acceptors (Lipinski definition) is 1. The summed E-state index contributed by atoms with van der Waals surface area (Å²) in [4.78, 5) is 4.60. The molecule has 1 heterocycles. The average molecular weight is 248 g/mol. The molecule has 94 valence electrons. The van der Waals surface area contributed by atoms with E-state index in [1.807, 2.05) is 18.2 Å². The molecule has 0 aliphatic heterocycles. The normalized spacial score (nSPS) is 11.1. The lowest BCUT2D eigenvalue weighted by Gasteiger charge is -2.05. The van der Waals surface area contributed by atoms with Crippen molar-refractivity contribution in [2.24, 2.45) is 0 Å². The van der Waals surface area contributed by atoms with Gasteiger partial charge < -0.3 is 4.57 Å². The van der Waals surface area contributed by atoms with Crippen molar-refractivity contribution in [3.8, 4) is 11.1 Å². The highest BCUT2D eigenvalue weighted by atomic mass is 15.1. The molecule has 0 saturated heterocycles. The zero-order valence-corrected chi connectivity index (χ0v) is 11.2. The maximum absolute atomic E-state index is 6.12. The van der Waals surface area contributed by atoms with Crippen LogP contribution in [-0.2, 0) is 6.42 Å². The van der Waals surface area contributed by atoms with Gasteiger partial charge in [0.2, 0.25) is 0 Å². The van der Waals surface area contributed by atoms with E-state index in [1.165, 1.54) is 11.1 Å². The van der Waals surface area contributed by atoms with Gasteiger partial charge in [0.1, 0.15) is 5.82 Å². The third-order valence-corrected chi connectivity index (χ3v) is 3.48. The van der Waals surface area contributed by atoms with Gasteiger partial charge >= 0.3 is 0 Å². The summed E-state index contributed by atoms with van der Waals surface area (Å²) in [6.45, 7) is 4.15. The molecular weight excluding hydrogens is 232 g/mol. The molecule has 0 aliphatic carbocycles. The summed E-state index contributed by atoms with van der Waals surface area (Å²) in [5.74, 6) is 0.920. The van der Waals surface area contributed by atoms with Crippen molar-refractivity contribution in [2.45, 2.75) is 20.3 Å². The van der Waals surface area contributed by atoms with Crippen molar-refractivity contribution in [1.29, 1.82) is 0 Å². The molecule has 3 rings (SSSR count). The SMILES string of the molecule is [CH]n1c(CC)nc2c(C)cc(-c3ccccc3)cc21. The summed E-state index contributed by atoms with van der Waals surface area (Å²) in [5.41, 5.74) is 5.54. The lowest BCUT2D eigenvalue weighted by atomic mass is 10.0. The second-order valence-electron chi connectivity index (χ2n) is 4.78. The Hall–Kier alpha value is -2.09. The van der Waals surface area contributed by atoms with Crippen molar-refractivity contribution < 1.29 is 0 Å². The van der Waals surface area contributed by atoms with E-state index in [-0.39, 0.29) is 0 Å². The molecule has 2 heteroatoms. The Kier molecular flexibility index (Phi) is 2.86. The predicted octanol–water partition coefficient (Wildman–Crippen LogP) is 4.09. The highest BCUT2D eigenvalue weighted by molar-refractivity contribution is 5.85. The Bertz CT molecular complexity index is 724. The maximum atomic E-state index is 6.12. The van der Waals surface area contributed by atoms with Crippen molar-refractivity contribution in [3.63, 3.8) is 0 Å². The number of aromatic nitrogens is 2. The number of benzene rings is 2. The van der Waals surface area contributed by atoms with E-state index in [0.717, 1.165) is 28.8 Å². The van der Waals surface area contributed by atoms with Gasteiger partial charge in [0.05, 0.1) is 18.1 Å².